The van der Waals surface area contributed by atoms with E-state index in [1.54, 1.807) is 18.0 Å². The molecule has 0 bridgehead atoms. The van der Waals surface area contributed by atoms with Gasteiger partial charge in [-0.2, -0.15) is 0 Å². The maximum Gasteiger partial charge on any atom is 0.256 e. The number of anilines is 1. The molecule has 1 aliphatic heterocycles. The number of aromatic nitrogens is 3. The maximum absolute atomic E-state index is 14.3. The SMILES string of the molecule is CC(C)N(C)C(=O)c1cc(F)ccc1-n1cc(C2CCN(c3ccccn3)CC2)c2ccncc21. The van der Waals surface area contributed by atoms with Crippen LogP contribution in [0.25, 0.3) is 16.6 Å². The van der Waals surface area contributed by atoms with Gasteiger partial charge in [-0.1, -0.05) is 6.07 Å². The monoisotopic (exact) mass is 471 g/mol. The number of carbonyl (C=O) groups excluding carboxylic acids is 1. The third-order valence-corrected chi connectivity index (χ3v) is 7.09. The minimum atomic E-state index is -0.425. The van der Waals surface area contributed by atoms with Gasteiger partial charge in [0.25, 0.3) is 5.91 Å². The summed E-state index contributed by atoms with van der Waals surface area (Å²) in [7, 11) is 1.75. The van der Waals surface area contributed by atoms with E-state index in [-0.39, 0.29) is 11.9 Å². The van der Waals surface area contributed by atoms with Gasteiger partial charge in [0.1, 0.15) is 11.6 Å². The number of fused-ring (bicyclic) bond motifs is 1. The molecule has 1 amide bonds. The quantitative estimate of drug-likeness (QED) is 0.390. The predicted octanol–water partition coefficient (Wildman–Crippen LogP) is 5.42. The Labute approximate surface area is 205 Å². The highest BCUT2D eigenvalue weighted by Crippen LogP contribution is 2.37. The summed E-state index contributed by atoms with van der Waals surface area (Å²) >= 11 is 0. The van der Waals surface area contributed by atoms with Gasteiger partial charge in [-0.05, 0) is 74.6 Å². The topological polar surface area (TPSA) is 54.3 Å². The van der Waals surface area contributed by atoms with Crippen molar-refractivity contribution in [3.05, 3.63) is 84.2 Å². The zero-order chi connectivity index (χ0) is 24.5. The largest absolute Gasteiger partial charge is 0.357 e. The number of halogens is 1. The van der Waals surface area contributed by atoms with Gasteiger partial charge >= 0.3 is 0 Å². The molecule has 1 saturated heterocycles. The molecule has 0 N–H and O–H groups in total. The first-order chi connectivity index (χ1) is 16.9. The summed E-state index contributed by atoms with van der Waals surface area (Å²) in [6.07, 6.45) is 9.59. The summed E-state index contributed by atoms with van der Waals surface area (Å²) in [6, 6.07) is 12.5. The number of hydrogen-bond donors (Lipinski definition) is 0. The summed E-state index contributed by atoms with van der Waals surface area (Å²) in [6.45, 7) is 5.75. The molecule has 4 aromatic rings. The van der Waals surface area contributed by atoms with Crippen molar-refractivity contribution >= 4 is 22.6 Å². The van der Waals surface area contributed by atoms with Crippen LogP contribution in [0.3, 0.4) is 0 Å². The van der Waals surface area contributed by atoms with Gasteiger partial charge in [0.05, 0.1) is 23.0 Å². The van der Waals surface area contributed by atoms with E-state index < -0.39 is 5.82 Å². The van der Waals surface area contributed by atoms with Crippen molar-refractivity contribution in [2.75, 3.05) is 25.0 Å². The predicted molar refractivity (Wildman–Crippen MR) is 137 cm³/mol. The van der Waals surface area contributed by atoms with Gasteiger partial charge in [0, 0.05) is 50.2 Å². The molecule has 0 spiro atoms. The number of piperidine rings is 1. The number of nitrogens with zero attached hydrogens (tertiary/aromatic N) is 5. The molecule has 180 valence electrons. The number of benzene rings is 1. The fourth-order valence-electron chi connectivity index (χ4n) is 4.90. The lowest BCUT2D eigenvalue weighted by Gasteiger charge is -2.32. The van der Waals surface area contributed by atoms with Crippen LogP contribution in [0.1, 0.15) is 48.5 Å². The highest BCUT2D eigenvalue weighted by Gasteiger charge is 2.26. The molecule has 0 atom stereocenters. The van der Waals surface area contributed by atoms with Crippen LogP contribution in [-0.2, 0) is 0 Å². The molecule has 1 aromatic carbocycles. The molecule has 3 aromatic heterocycles. The van der Waals surface area contributed by atoms with Gasteiger partial charge in [-0.15, -0.1) is 0 Å². The van der Waals surface area contributed by atoms with Gasteiger partial charge < -0.3 is 14.4 Å². The van der Waals surface area contributed by atoms with Crippen LogP contribution in [0.2, 0.25) is 0 Å². The third-order valence-electron chi connectivity index (χ3n) is 7.09. The van der Waals surface area contributed by atoms with E-state index in [9.17, 15) is 9.18 Å². The molecule has 5 rings (SSSR count). The fourth-order valence-corrected chi connectivity index (χ4v) is 4.90. The Hall–Kier alpha value is -3.74. The maximum atomic E-state index is 14.3. The van der Waals surface area contributed by atoms with E-state index in [4.69, 9.17) is 0 Å². The molecular formula is C28H30FN5O. The van der Waals surface area contributed by atoms with Gasteiger partial charge in [-0.25, -0.2) is 9.37 Å². The second-order valence-corrected chi connectivity index (χ2v) is 9.47. The van der Waals surface area contributed by atoms with Crippen molar-refractivity contribution in [2.24, 2.45) is 0 Å². The van der Waals surface area contributed by atoms with Gasteiger partial charge in [-0.3, -0.25) is 9.78 Å². The number of rotatable bonds is 5. The van der Waals surface area contributed by atoms with Crippen LogP contribution in [0.5, 0.6) is 0 Å². The normalized spacial score (nSPS) is 14.6. The van der Waals surface area contributed by atoms with E-state index in [2.05, 4.69) is 27.1 Å². The summed E-state index contributed by atoms with van der Waals surface area (Å²) in [5, 5.41) is 1.12. The third kappa shape index (κ3) is 4.38. The number of pyridine rings is 2. The van der Waals surface area contributed by atoms with Crippen molar-refractivity contribution < 1.29 is 9.18 Å². The Morgan fingerprint density at radius 3 is 2.63 bits per heavy atom. The minimum Gasteiger partial charge on any atom is -0.357 e. The Morgan fingerprint density at radius 2 is 1.91 bits per heavy atom. The standard InChI is InChI=1S/C28H30FN5O/c1-19(2)32(3)28(35)23-16-21(29)7-8-25(23)34-18-24(22-9-13-30-17-26(22)34)20-10-14-33(15-11-20)27-6-4-5-12-31-27/h4-9,12-13,16-20H,10-11,14-15H2,1-3H3. The average molecular weight is 472 g/mol. The van der Waals surface area contributed by atoms with Gasteiger partial charge in [0.2, 0.25) is 0 Å². The average Bonchev–Trinajstić information content (AvgIpc) is 3.28. The van der Waals surface area contributed by atoms with Crippen molar-refractivity contribution in [2.45, 2.75) is 38.6 Å². The zero-order valence-corrected chi connectivity index (χ0v) is 20.4. The second kappa shape index (κ2) is 9.49. The van der Waals surface area contributed by atoms with Crippen LogP contribution >= 0.6 is 0 Å². The molecular weight excluding hydrogens is 441 g/mol. The fraction of sp³-hybridized carbons (Fsp3) is 0.321. The first-order valence-corrected chi connectivity index (χ1v) is 12.1. The van der Waals surface area contributed by atoms with E-state index in [0.29, 0.717) is 17.2 Å². The lowest BCUT2D eigenvalue weighted by atomic mass is 9.89. The molecule has 0 saturated carbocycles. The second-order valence-electron chi connectivity index (χ2n) is 9.47. The van der Waals surface area contributed by atoms with Crippen LogP contribution in [0, 0.1) is 5.82 Å². The summed E-state index contributed by atoms with van der Waals surface area (Å²) in [4.78, 5) is 26.1. The van der Waals surface area contributed by atoms with Crippen LogP contribution < -0.4 is 4.90 Å². The van der Waals surface area contributed by atoms with E-state index in [0.717, 1.165) is 42.7 Å². The van der Waals surface area contributed by atoms with Crippen molar-refractivity contribution in [3.63, 3.8) is 0 Å². The molecule has 0 radical (unpaired) electrons. The van der Waals surface area contributed by atoms with Crippen LogP contribution in [0.15, 0.2) is 67.3 Å². The highest BCUT2D eigenvalue weighted by molar-refractivity contribution is 5.99. The van der Waals surface area contributed by atoms with E-state index in [1.807, 2.05) is 55.2 Å². The van der Waals surface area contributed by atoms with E-state index in [1.165, 1.54) is 17.7 Å². The Balaban J connectivity index is 1.52. The number of hydrogen-bond acceptors (Lipinski definition) is 4. The molecule has 0 unspecified atom stereocenters. The first-order valence-electron chi connectivity index (χ1n) is 12.1. The zero-order valence-electron chi connectivity index (χ0n) is 20.4. The van der Waals surface area contributed by atoms with Crippen molar-refractivity contribution in [3.8, 4) is 5.69 Å². The van der Waals surface area contributed by atoms with Gasteiger partial charge in [0.15, 0.2) is 0 Å². The Kier molecular flexibility index (Phi) is 6.24. The number of carbonyl (C=O) groups is 1. The smallest absolute Gasteiger partial charge is 0.256 e. The molecule has 1 aliphatic rings. The highest BCUT2D eigenvalue weighted by atomic mass is 19.1. The summed E-state index contributed by atoms with van der Waals surface area (Å²) < 4.78 is 16.3. The molecule has 7 heteroatoms. The summed E-state index contributed by atoms with van der Waals surface area (Å²) in [5.74, 6) is 0.761. The molecule has 6 nitrogen and oxygen atoms in total. The Bertz CT molecular complexity index is 1340. The number of amides is 1. The lowest BCUT2D eigenvalue weighted by Crippen LogP contribution is -2.33. The van der Waals surface area contributed by atoms with Crippen LogP contribution in [-0.4, -0.2) is 51.5 Å². The Morgan fingerprint density at radius 1 is 1.11 bits per heavy atom. The molecule has 35 heavy (non-hydrogen) atoms. The van der Waals surface area contributed by atoms with Crippen molar-refractivity contribution in [1.29, 1.82) is 0 Å². The molecule has 0 aliphatic carbocycles. The lowest BCUT2D eigenvalue weighted by molar-refractivity contribution is 0.0754. The molecule has 1 fully saturated rings. The summed E-state index contributed by atoms with van der Waals surface area (Å²) in [5.41, 5.74) is 3.17. The molecule has 4 heterocycles. The van der Waals surface area contributed by atoms with E-state index >= 15 is 0 Å². The minimum absolute atomic E-state index is 0.00143. The van der Waals surface area contributed by atoms with Crippen molar-refractivity contribution in [1.82, 2.24) is 19.4 Å². The first kappa shape index (κ1) is 23.0. The van der Waals surface area contributed by atoms with Crippen LogP contribution in [0.4, 0.5) is 10.2 Å².